The van der Waals surface area contributed by atoms with Crippen LogP contribution in [0.4, 0.5) is 8.78 Å². The molecule has 0 spiro atoms. The molecule has 0 unspecified atom stereocenters. The molecule has 44 valence electrons. The van der Waals surface area contributed by atoms with Crippen LogP contribution in [-0.4, -0.2) is 9.12 Å². The van der Waals surface area contributed by atoms with Gasteiger partial charge < -0.3 is 0 Å². The van der Waals surface area contributed by atoms with E-state index in [0.717, 1.165) is 0 Å². The van der Waals surface area contributed by atoms with Crippen molar-refractivity contribution in [1.82, 2.24) is 0 Å². The maximum Gasteiger partial charge on any atom is 0.327 e. The molecule has 0 heterocycles. The molecule has 0 nitrogen and oxygen atoms in total. The third kappa shape index (κ3) is 3.67. The van der Waals surface area contributed by atoms with Crippen LogP contribution in [0, 0.1) is 0 Å². The molecule has 7 heavy (non-hydrogen) atoms. The Morgan fingerprint density at radius 3 is 1.71 bits per heavy atom. The first-order chi connectivity index (χ1) is 2.94. The van der Waals surface area contributed by atoms with Crippen LogP contribution < -0.4 is 0 Å². The summed E-state index contributed by atoms with van der Waals surface area (Å²) >= 11 is 9.37. The van der Waals surface area contributed by atoms with E-state index in [9.17, 15) is 8.78 Å². The maximum absolute atomic E-state index is 11.6. The van der Waals surface area contributed by atoms with E-state index in [1.165, 1.54) is 0 Å². The molecule has 0 rings (SSSR count). The Labute approximate surface area is 61.5 Å². The van der Waals surface area contributed by atoms with E-state index in [-0.39, 0.29) is 0 Å². The Bertz CT molecular complexity index is 59.2. The van der Waals surface area contributed by atoms with Crippen molar-refractivity contribution in [3.05, 3.63) is 0 Å². The summed E-state index contributed by atoms with van der Waals surface area (Å²) in [6.45, 7) is 0. The second kappa shape index (κ2) is 2.60. The molecule has 0 aliphatic carbocycles. The van der Waals surface area contributed by atoms with Crippen molar-refractivity contribution in [3.8, 4) is 0 Å². The van der Waals surface area contributed by atoms with Crippen LogP contribution in [0.25, 0.3) is 0 Å². The van der Waals surface area contributed by atoms with Gasteiger partial charge in [-0.25, -0.2) is 0 Å². The third-order valence-electron chi connectivity index (χ3n) is 0.247. The van der Waals surface area contributed by atoms with Gasteiger partial charge in [0.25, 0.3) is 0 Å². The minimum absolute atomic E-state index is 1.33. The highest BCUT2D eigenvalue weighted by molar-refractivity contribution is 9.12. The summed E-state index contributed by atoms with van der Waals surface area (Å²) in [5.41, 5.74) is 0. The maximum atomic E-state index is 11.6. The zero-order chi connectivity index (χ0) is 6.08. The lowest BCUT2D eigenvalue weighted by Crippen LogP contribution is -2.13. The second-order valence-electron chi connectivity index (χ2n) is 0.842. The summed E-state index contributed by atoms with van der Waals surface area (Å²) in [6.07, 6.45) is 0. The smallest absolute Gasteiger partial charge is 0.191 e. The lowest BCUT2D eigenvalue weighted by molar-refractivity contribution is 0.134. The lowest BCUT2D eigenvalue weighted by Gasteiger charge is -2.06. The first-order valence-corrected chi connectivity index (χ1v) is 3.44. The van der Waals surface area contributed by atoms with Crippen LogP contribution in [0.2, 0.25) is 0 Å². The molecule has 0 saturated carbocycles. The molecule has 5 heteroatoms. The summed E-state index contributed by atoms with van der Waals surface area (Å²) in [7, 11) is 0. The Hall–Kier alpha value is 1.11. The highest BCUT2D eigenvalue weighted by atomic mass is 79.9. The molecule has 0 N–H and O–H groups in total. The zero-order valence-corrected chi connectivity index (χ0v) is 6.90. The van der Waals surface area contributed by atoms with Crippen molar-refractivity contribution in [1.29, 1.82) is 0 Å². The number of hydrogen-bond donors (Lipinski definition) is 0. The second-order valence-corrected chi connectivity index (χ2v) is 3.78. The lowest BCUT2D eigenvalue weighted by atomic mass is 10.8. The Morgan fingerprint density at radius 1 is 1.57 bits per heavy atom. The zero-order valence-electron chi connectivity index (χ0n) is 2.97. The minimum Gasteiger partial charge on any atom is -0.191 e. The fourth-order valence-corrected chi connectivity index (χ4v) is 0. The van der Waals surface area contributed by atoms with E-state index in [0.29, 0.717) is 0 Å². The Balaban J connectivity index is 3.54. The average Bonchev–Trinajstić information content (AvgIpc) is 1.31. The molecule has 0 aliphatic heterocycles. The summed E-state index contributed by atoms with van der Waals surface area (Å²) < 4.78 is 21.8. The highest BCUT2D eigenvalue weighted by Gasteiger charge is 2.32. The van der Waals surface area contributed by atoms with Gasteiger partial charge in [0.2, 0.25) is 0 Å². The number of alkyl halides is 5. The monoisotopic (exact) mass is 256 g/mol. The van der Waals surface area contributed by atoms with Gasteiger partial charge in [-0.05, 0) is 15.9 Å². The van der Waals surface area contributed by atoms with Crippen LogP contribution in [0.5, 0.6) is 0 Å². The summed E-state index contributed by atoms with van der Waals surface area (Å²) in [4.78, 5) is -3.01. The standard InChI is InChI=1S/C2HBr2ClF2/c3-1(5)2(4,6)7/h1H/t1-/m1/s1. The van der Waals surface area contributed by atoms with Crippen LogP contribution in [-0.2, 0) is 0 Å². The fraction of sp³-hybridized carbons (Fsp3) is 1.00. The number of halogens is 5. The predicted octanol–water partition coefficient (Wildman–Crippen LogP) is 2.93. The van der Waals surface area contributed by atoms with E-state index >= 15 is 0 Å². The van der Waals surface area contributed by atoms with Gasteiger partial charge >= 0.3 is 4.83 Å². The van der Waals surface area contributed by atoms with Gasteiger partial charge in [0.15, 0.2) is 4.29 Å². The molecule has 0 bridgehead atoms. The molecule has 0 saturated heterocycles. The summed E-state index contributed by atoms with van der Waals surface area (Å²) in [5, 5.41) is 0. The van der Waals surface area contributed by atoms with Crippen molar-refractivity contribution < 1.29 is 8.78 Å². The number of rotatable bonds is 1. The van der Waals surface area contributed by atoms with Crippen molar-refractivity contribution in [2.75, 3.05) is 0 Å². The van der Waals surface area contributed by atoms with Gasteiger partial charge in [0, 0.05) is 0 Å². The van der Waals surface area contributed by atoms with Gasteiger partial charge in [-0.1, -0.05) is 15.9 Å². The Kier molecular flexibility index (Phi) is 3.01. The molecule has 0 aromatic heterocycles. The molecule has 0 amide bonds. The summed E-state index contributed by atoms with van der Waals surface area (Å²) in [5.74, 6) is 0. The average molecular weight is 258 g/mol. The van der Waals surface area contributed by atoms with Crippen LogP contribution >= 0.6 is 43.5 Å². The first kappa shape index (κ1) is 8.11. The Morgan fingerprint density at radius 2 is 1.71 bits per heavy atom. The largest absolute Gasteiger partial charge is 0.327 e. The molecule has 0 fully saturated rings. The molecule has 1 atom stereocenters. The van der Waals surface area contributed by atoms with Gasteiger partial charge in [-0.15, -0.1) is 11.6 Å². The van der Waals surface area contributed by atoms with E-state index in [2.05, 4.69) is 15.9 Å². The molecular weight excluding hydrogens is 257 g/mol. The van der Waals surface area contributed by atoms with E-state index in [1.54, 1.807) is 0 Å². The SMILES string of the molecule is FC(F)(Br)[C@@H](Cl)Br. The van der Waals surface area contributed by atoms with Crippen LogP contribution in [0.15, 0.2) is 0 Å². The number of hydrogen-bond acceptors (Lipinski definition) is 0. The minimum atomic E-state index is -3.01. The van der Waals surface area contributed by atoms with Gasteiger partial charge in [-0.3, -0.25) is 0 Å². The van der Waals surface area contributed by atoms with E-state index in [4.69, 9.17) is 11.6 Å². The fourth-order valence-electron chi connectivity index (χ4n) is 0. The van der Waals surface area contributed by atoms with Gasteiger partial charge in [0.1, 0.15) is 0 Å². The van der Waals surface area contributed by atoms with E-state index in [1.807, 2.05) is 15.9 Å². The topological polar surface area (TPSA) is 0 Å². The quantitative estimate of drug-likeness (QED) is 0.634. The van der Waals surface area contributed by atoms with Crippen molar-refractivity contribution in [2.45, 2.75) is 9.12 Å². The normalized spacial score (nSPS) is 16.7. The van der Waals surface area contributed by atoms with Crippen molar-refractivity contribution in [3.63, 3.8) is 0 Å². The molecule has 0 aromatic rings. The molecule has 0 radical (unpaired) electrons. The van der Waals surface area contributed by atoms with E-state index < -0.39 is 9.12 Å². The third-order valence-corrected chi connectivity index (χ3v) is 2.43. The van der Waals surface area contributed by atoms with Crippen molar-refractivity contribution >= 4 is 43.5 Å². The highest BCUT2D eigenvalue weighted by Crippen LogP contribution is 2.33. The summed E-state index contributed by atoms with van der Waals surface area (Å²) in [6, 6.07) is 0. The van der Waals surface area contributed by atoms with Crippen LogP contribution in [0.3, 0.4) is 0 Å². The van der Waals surface area contributed by atoms with Crippen molar-refractivity contribution in [2.24, 2.45) is 0 Å². The molecular formula is C2HBr2ClF2. The predicted molar refractivity (Wildman–Crippen MR) is 32.4 cm³/mol. The molecule has 0 aromatic carbocycles. The van der Waals surface area contributed by atoms with Gasteiger partial charge in [0.05, 0.1) is 0 Å². The van der Waals surface area contributed by atoms with Crippen LogP contribution in [0.1, 0.15) is 0 Å². The first-order valence-electron chi connectivity index (χ1n) is 1.29. The molecule has 0 aliphatic rings. The van der Waals surface area contributed by atoms with Gasteiger partial charge in [-0.2, -0.15) is 8.78 Å².